The van der Waals surface area contributed by atoms with Crippen molar-refractivity contribution in [1.82, 2.24) is 9.55 Å². The fourth-order valence-corrected chi connectivity index (χ4v) is 1.74. The van der Waals surface area contributed by atoms with Gasteiger partial charge in [0.1, 0.15) is 11.6 Å². The summed E-state index contributed by atoms with van der Waals surface area (Å²) in [5.41, 5.74) is 6.43. The lowest BCUT2D eigenvalue weighted by Gasteiger charge is -2.07. The van der Waals surface area contributed by atoms with Gasteiger partial charge in [0.2, 0.25) is 5.95 Å². The third-order valence-electron chi connectivity index (χ3n) is 2.10. The lowest BCUT2D eigenvalue weighted by atomic mass is 10.3. The van der Waals surface area contributed by atoms with Crippen LogP contribution in [0.1, 0.15) is 5.69 Å². The summed E-state index contributed by atoms with van der Waals surface area (Å²) in [6, 6.07) is 2.12. The predicted molar refractivity (Wildman–Crippen MR) is 60.3 cm³/mol. The molecule has 2 aromatic rings. The van der Waals surface area contributed by atoms with Crippen LogP contribution in [-0.2, 0) is 0 Å². The van der Waals surface area contributed by atoms with Gasteiger partial charge < -0.3 is 5.73 Å². The zero-order valence-electron chi connectivity index (χ0n) is 8.34. The van der Waals surface area contributed by atoms with Crippen LogP contribution < -0.4 is 5.73 Å². The molecular weight excluding hydrogens is 280 g/mol. The summed E-state index contributed by atoms with van der Waals surface area (Å²) in [4.78, 5) is 3.95. The number of aryl methyl sites for hydroxylation is 1. The molecule has 16 heavy (non-hydrogen) atoms. The second-order valence-corrected chi connectivity index (χ2v) is 4.18. The van der Waals surface area contributed by atoms with Crippen LogP contribution >= 0.6 is 15.9 Å². The summed E-state index contributed by atoms with van der Waals surface area (Å²) < 4.78 is 28.1. The van der Waals surface area contributed by atoms with Crippen molar-refractivity contribution in [3.05, 3.63) is 40.1 Å². The highest BCUT2D eigenvalue weighted by Gasteiger charge is 2.12. The van der Waals surface area contributed by atoms with Crippen LogP contribution in [0.2, 0.25) is 0 Å². The Bertz CT molecular complexity index is 551. The fourth-order valence-electron chi connectivity index (χ4n) is 1.41. The van der Waals surface area contributed by atoms with Crippen molar-refractivity contribution < 1.29 is 8.78 Å². The third kappa shape index (κ3) is 1.80. The van der Waals surface area contributed by atoms with Crippen LogP contribution in [0.15, 0.2) is 22.8 Å². The van der Waals surface area contributed by atoms with Gasteiger partial charge in [-0.3, -0.25) is 4.57 Å². The van der Waals surface area contributed by atoms with E-state index in [1.807, 2.05) is 0 Å². The number of nitrogen functional groups attached to an aromatic ring is 1. The first-order valence-corrected chi connectivity index (χ1v) is 5.24. The van der Waals surface area contributed by atoms with Gasteiger partial charge in [-0.2, -0.15) is 0 Å². The summed E-state index contributed by atoms with van der Waals surface area (Å²) in [5.74, 6) is -1.18. The Kier molecular flexibility index (Phi) is 2.67. The fraction of sp³-hybridized carbons (Fsp3) is 0.100. The molecule has 0 saturated heterocycles. The third-order valence-corrected chi connectivity index (χ3v) is 2.71. The van der Waals surface area contributed by atoms with Crippen LogP contribution in [0.4, 0.5) is 14.7 Å². The van der Waals surface area contributed by atoms with Crippen molar-refractivity contribution in [2.24, 2.45) is 0 Å². The molecule has 0 spiro atoms. The molecule has 1 heterocycles. The van der Waals surface area contributed by atoms with E-state index in [0.29, 0.717) is 5.69 Å². The SMILES string of the molecule is Cc1cn(-c2cc(Br)c(F)cc2F)c(N)n1. The number of aromatic nitrogens is 2. The second-order valence-electron chi connectivity index (χ2n) is 3.33. The van der Waals surface area contributed by atoms with Gasteiger partial charge in [0.15, 0.2) is 0 Å². The molecule has 0 atom stereocenters. The molecule has 0 unspecified atom stereocenters. The molecule has 3 nitrogen and oxygen atoms in total. The lowest BCUT2D eigenvalue weighted by Crippen LogP contribution is -2.02. The second kappa shape index (κ2) is 3.86. The Morgan fingerprint density at radius 1 is 1.31 bits per heavy atom. The number of halogens is 3. The largest absolute Gasteiger partial charge is 0.369 e. The highest BCUT2D eigenvalue weighted by atomic mass is 79.9. The molecule has 2 rings (SSSR count). The Balaban J connectivity index is 2.64. The summed E-state index contributed by atoms with van der Waals surface area (Å²) >= 11 is 2.99. The van der Waals surface area contributed by atoms with Crippen molar-refractivity contribution in [2.75, 3.05) is 5.73 Å². The molecule has 0 aliphatic rings. The van der Waals surface area contributed by atoms with Gasteiger partial charge in [-0.05, 0) is 28.9 Å². The predicted octanol–water partition coefficient (Wildman–Crippen LogP) is 2.80. The average molecular weight is 288 g/mol. The van der Waals surface area contributed by atoms with Crippen molar-refractivity contribution in [3.63, 3.8) is 0 Å². The van der Waals surface area contributed by atoms with Gasteiger partial charge >= 0.3 is 0 Å². The van der Waals surface area contributed by atoms with E-state index in [1.165, 1.54) is 10.6 Å². The molecule has 0 bridgehead atoms. The van der Waals surface area contributed by atoms with Gasteiger partial charge in [-0.15, -0.1) is 0 Å². The van der Waals surface area contributed by atoms with Gasteiger partial charge in [-0.25, -0.2) is 13.8 Å². The summed E-state index contributed by atoms with van der Waals surface area (Å²) in [7, 11) is 0. The van der Waals surface area contributed by atoms with E-state index in [0.717, 1.165) is 6.07 Å². The molecule has 0 amide bonds. The number of hydrogen-bond donors (Lipinski definition) is 1. The van der Waals surface area contributed by atoms with Crippen LogP contribution in [0.3, 0.4) is 0 Å². The Labute approximate surface area is 99.0 Å². The van der Waals surface area contributed by atoms with E-state index in [2.05, 4.69) is 20.9 Å². The first-order chi connectivity index (χ1) is 7.49. The Hall–Kier alpha value is -1.43. The van der Waals surface area contributed by atoms with E-state index in [4.69, 9.17) is 5.73 Å². The minimum Gasteiger partial charge on any atom is -0.369 e. The monoisotopic (exact) mass is 287 g/mol. The normalized spacial score (nSPS) is 10.8. The minimum atomic E-state index is -0.690. The van der Waals surface area contributed by atoms with Crippen LogP contribution in [0, 0.1) is 18.6 Å². The molecule has 6 heteroatoms. The van der Waals surface area contributed by atoms with Gasteiger partial charge in [0.25, 0.3) is 0 Å². The van der Waals surface area contributed by atoms with Crippen molar-refractivity contribution >= 4 is 21.9 Å². The van der Waals surface area contributed by atoms with Gasteiger partial charge in [-0.1, -0.05) is 0 Å². The molecule has 84 valence electrons. The summed E-state index contributed by atoms with van der Waals surface area (Å²) in [5, 5.41) is 0. The van der Waals surface area contributed by atoms with E-state index in [1.54, 1.807) is 13.1 Å². The number of hydrogen-bond acceptors (Lipinski definition) is 2. The molecule has 0 saturated carbocycles. The van der Waals surface area contributed by atoms with E-state index in [9.17, 15) is 8.78 Å². The Morgan fingerprint density at radius 3 is 2.56 bits per heavy atom. The number of anilines is 1. The summed E-state index contributed by atoms with van der Waals surface area (Å²) in [6.07, 6.45) is 1.58. The van der Waals surface area contributed by atoms with E-state index >= 15 is 0 Å². The number of rotatable bonds is 1. The molecule has 1 aromatic heterocycles. The number of nitrogens with two attached hydrogens (primary N) is 1. The molecule has 0 aliphatic heterocycles. The van der Waals surface area contributed by atoms with Crippen molar-refractivity contribution in [1.29, 1.82) is 0 Å². The summed E-state index contributed by atoms with van der Waals surface area (Å²) in [6.45, 7) is 1.74. The first kappa shape index (κ1) is 11.1. The highest BCUT2D eigenvalue weighted by Crippen LogP contribution is 2.24. The molecule has 2 N–H and O–H groups in total. The van der Waals surface area contributed by atoms with Crippen LogP contribution in [0.5, 0.6) is 0 Å². The first-order valence-electron chi connectivity index (χ1n) is 4.45. The lowest BCUT2D eigenvalue weighted by molar-refractivity contribution is 0.574. The molecule has 0 aliphatic carbocycles. The molecule has 0 fully saturated rings. The van der Waals surface area contributed by atoms with Crippen LogP contribution in [0.25, 0.3) is 5.69 Å². The van der Waals surface area contributed by atoms with E-state index in [-0.39, 0.29) is 16.1 Å². The van der Waals surface area contributed by atoms with Crippen molar-refractivity contribution in [2.45, 2.75) is 6.92 Å². The number of nitrogens with zero attached hydrogens (tertiary/aromatic N) is 2. The Morgan fingerprint density at radius 2 is 2.00 bits per heavy atom. The zero-order valence-corrected chi connectivity index (χ0v) is 9.92. The molecule has 0 radical (unpaired) electrons. The smallest absolute Gasteiger partial charge is 0.205 e. The van der Waals surface area contributed by atoms with Crippen LogP contribution in [-0.4, -0.2) is 9.55 Å². The van der Waals surface area contributed by atoms with E-state index < -0.39 is 11.6 Å². The maximum atomic E-state index is 13.5. The minimum absolute atomic E-state index is 0.159. The van der Waals surface area contributed by atoms with Gasteiger partial charge in [0.05, 0.1) is 15.9 Å². The standard InChI is InChI=1S/C10H8BrF2N3/c1-5-4-16(10(14)15-5)9-2-6(11)7(12)3-8(9)13/h2-4H,1H3,(H2,14,15). The number of benzene rings is 1. The number of imidazole rings is 1. The quantitative estimate of drug-likeness (QED) is 0.820. The maximum absolute atomic E-state index is 13.5. The molecule has 1 aromatic carbocycles. The molecular formula is C10H8BrF2N3. The van der Waals surface area contributed by atoms with Crippen molar-refractivity contribution in [3.8, 4) is 5.69 Å². The zero-order chi connectivity index (χ0) is 11.9. The highest BCUT2D eigenvalue weighted by molar-refractivity contribution is 9.10. The van der Waals surface area contributed by atoms with Gasteiger partial charge in [0, 0.05) is 12.3 Å². The maximum Gasteiger partial charge on any atom is 0.205 e. The topological polar surface area (TPSA) is 43.8 Å². The average Bonchev–Trinajstić information content (AvgIpc) is 2.51.